The Morgan fingerprint density at radius 3 is 2.07 bits per heavy atom. The molecule has 0 radical (unpaired) electrons. The standard InChI is InChI=1S/C22H26N2O4/c1-3-7-15(8-4-2)20(25)24-19-10-6-5-9-18(19)21(26)23-17-13-11-16(12-14-17)22(27)28/h5-6,9-15H,3-4,7-8H2,1-2H3,(H,23,26)(H,24,25)(H,27,28)/p-1. The Kier molecular flexibility index (Phi) is 7.75. The van der Waals surface area contributed by atoms with Gasteiger partial charge in [-0.2, -0.15) is 0 Å². The van der Waals surface area contributed by atoms with Gasteiger partial charge in [-0.15, -0.1) is 0 Å². The average molecular weight is 381 g/mol. The SMILES string of the molecule is CCCC(CCC)C(=O)Nc1ccccc1C(=O)Nc1ccc(C(=O)[O-])cc1. The molecule has 0 aliphatic rings. The van der Waals surface area contributed by atoms with Crippen LogP contribution in [0.25, 0.3) is 0 Å². The van der Waals surface area contributed by atoms with Crippen molar-refractivity contribution >= 4 is 29.2 Å². The summed E-state index contributed by atoms with van der Waals surface area (Å²) in [6.45, 7) is 4.09. The molecule has 0 fully saturated rings. The quantitative estimate of drug-likeness (QED) is 0.695. The number of anilines is 2. The lowest BCUT2D eigenvalue weighted by molar-refractivity contribution is -0.255. The van der Waals surface area contributed by atoms with Crippen LogP contribution in [-0.4, -0.2) is 17.8 Å². The molecule has 2 amide bonds. The van der Waals surface area contributed by atoms with Gasteiger partial charge in [0, 0.05) is 11.6 Å². The molecule has 0 saturated carbocycles. The van der Waals surface area contributed by atoms with Crippen LogP contribution < -0.4 is 15.7 Å². The zero-order chi connectivity index (χ0) is 20.5. The average Bonchev–Trinajstić information content (AvgIpc) is 2.68. The van der Waals surface area contributed by atoms with Gasteiger partial charge in [-0.25, -0.2) is 0 Å². The van der Waals surface area contributed by atoms with E-state index in [1.54, 1.807) is 24.3 Å². The highest BCUT2D eigenvalue weighted by atomic mass is 16.4. The number of carboxylic acid groups (broad SMARTS) is 1. The zero-order valence-electron chi connectivity index (χ0n) is 16.2. The fourth-order valence-corrected chi connectivity index (χ4v) is 3.02. The summed E-state index contributed by atoms with van der Waals surface area (Å²) in [7, 11) is 0. The second-order valence-electron chi connectivity index (χ2n) is 6.63. The summed E-state index contributed by atoms with van der Waals surface area (Å²) in [5, 5.41) is 16.4. The Morgan fingerprint density at radius 2 is 1.50 bits per heavy atom. The Morgan fingerprint density at radius 1 is 0.893 bits per heavy atom. The molecule has 0 unspecified atom stereocenters. The normalized spacial score (nSPS) is 10.5. The first-order chi connectivity index (χ1) is 13.5. The summed E-state index contributed by atoms with van der Waals surface area (Å²) in [4.78, 5) is 36.1. The largest absolute Gasteiger partial charge is 0.545 e. The van der Waals surface area contributed by atoms with Crippen LogP contribution in [0.1, 0.15) is 60.2 Å². The van der Waals surface area contributed by atoms with Crippen LogP contribution in [-0.2, 0) is 4.79 Å². The van der Waals surface area contributed by atoms with E-state index in [9.17, 15) is 19.5 Å². The third-order valence-electron chi connectivity index (χ3n) is 4.45. The smallest absolute Gasteiger partial charge is 0.257 e. The predicted octanol–water partition coefficient (Wildman–Crippen LogP) is 3.46. The molecule has 0 aliphatic heterocycles. The molecule has 2 aromatic rings. The van der Waals surface area contributed by atoms with Gasteiger partial charge < -0.3 is 20.5 Å². The fourth-order valence-electron chi connectivity index (χ4n) is 3.02. The Hall–Kier alpha value is -3.15. The zero-order valence-corrected chi connectivity index (χ0v) is 16.2. The number of amides is 2. The van der Waals surface area contributed by atoms with Crippen LogP contribution >= 0.6 is 0 Å². The van der Waals surface area contributed by atoms with Crippen molar-refractivity contribution < 1.29 is 19.5 Å². The first-order valence-electron chi connectivity index (χ1n) is 9.48. The van der Waals surface area contributed by atoms with Crippen molar-refractivity contribution in [2.75, 3.05) is 10.6 Å². The second-order valence-corrected chi connectivity index (χ2v) is 6.63. The maximum Gasteiger partial charge on any atom is 0.257 e. The van der Waals surface area contributed by atoms with Crippen LogP contribution in [0.2, 0.25) is 0 Å². The number of carbonyl (C=O) groups is 3. The van der Waals surface area contributed by atoms with E-state index in [0.717, 1.165) is 25.7 Å². The minimum absolute atomic E-state index is 0.0311. The molecule has 0 spiro atoms. The lowest BCUT2D eigenvalue weighted by Gasteiger charge is -2.17. The monoisotopic (exact) mass is 381 g/mol. The lowest BCUT2D eigenvalue weighted by Crippen LogP contribution is -2.24. The van der Waals surface area contributed by atoms with Gasteiger partial charge in [0.25, 0.3) is 5.91 Å². The minimum Gasteiger partial charge on any atom is -0.545 e. The van der Waals surface area contributed by atoms with Crippen molar-refractivity contribution in [2.24, 2.45) is 5.92 Å². The molecule has 0 atom stereocenters. The molecule has 0 heterocycles. The summed E-state index contributed by atoms with van der Waals surface area (Å²) in [5.74, 6) is -1.83. The van der Waals surface area contributed by atoms with Gasteiger partial charge in [-0.3, -0.25) is 9.59 Å². The molecule has 28 heavy (non-hydrogen) atoms. The van der Waals surface area contributed by atoms with E-state index in [2.05, 4.69) is 10.6 Å². The minimum atomic E-state index is -1.28. The predicted molar refractivity (Wildman–Crippen MR) is 107 cm³/mol. The third kappa shape index (κ3) is 5.67. The first-order valence-corrected chi connectivity index (χ1v) is 9.48. The maximum absolute atomic E-state index is 12.7. The highest BCUT2D eigenvalue weighted by Gasteiger charge is 2.19. The van der Waals surface area contributed by atoms with E-state index in [-0.39, 0.29) is 23.3 Å². The third-order valence-corrected chi connectivity index (χ3v) is 4.45. The molecule has 148 valence electrons. The molecule has 0 aliphatic carbocycles. The molecule has 6 nitrogen and oxygen atoms in total. The number of aromatic carboxylic acids is 1. The number of rotatable bonds is 9. The number of carbonyl (C=O) groups excluding carboxylic acids is 3. The van der Waals surface area contributed by atoms with Gasteiger partial charge in [0.1, 0.15) is 0 Å². The van der Waals surface area contributed by atoms with Crippen molar-refractivity contribution in [3.05, 3.63) is 59.7 Å². The van der Waals surface area contributed by atoms with E-state index in [4.69, 9.17) is 0 Å². The molecule has 2 rings (SSSR count). The van der Waals surface area contributed by atoms with Gasteiger partial charge >= 0.3 is 0 Å². The molecule has 0 saturated heterocycles. The van der Waals surface area contributed by atoms with Crippen LogP contribution in [0, 0.1) is 5.92 Å². The Bertz CT molecular complexity index is 825. The number of nitrogens with one attached hydrogen (secondary N) is 2. The van der Waals surface area contributed by atoms with Gasteiger partial charge in [0.2, 0.25) is 5.91 Å². The number of benzene rings is 2. The molecular formula is C22H25N2O4-. The molecule has 0 bridgehead atoms. The van der Waals surface area contributed by atoms with E-state index < -0.39 is 5.97 Å². The van der Waals surface area contributed by atoms with E-state index in [1.807, 2.05) is 13.8 Å². The van der Waals surface area contributed by atoms with Crippen molar-refractivity contribution in [3.63, 3.8) is 0 Å². The summed E-state index contributed by atoms with van der Waals surface area (Å²) >= 11 is 0. The summed E-state index contributed by atoms with van der Waals surface area (Å²) < 4.78 is 0. The lowest BCUT2D eigenvalue weighted by atomic mass is 9.97. The Labute approximate surface area is 165 Å². The topological polar surface area (TPSA) is 98.3 Å². The molecule has 0 aromatic heterocycles. The number of para-hydroxylation sites is 1. The number of hydrogen-bond donors (Lipinski definition) is 2. The van der Waals surface area contributed by atoms with Gasteiger partial charge in [-0.1, -0.05) is 51.0 Å². The summed E-state index contributed by atoms with van der Waals surface area (Å²) in [6, 6.07) is 12.5. The Balaban J connectivity index is 2.14. The first kappa shape index (κ1) is 21.2. The van der Waals surface area contributed by atoms with Crippen LogP contribution in [0.5, 0.6) is 0 Å². The molecular weight excluding hydrogens is 356 g/mol. The van der Waals surface area contributed by atoms with Crippen molar-refractivity contribution in [1.29, 1.82) is 0 Å². The molecule has 2 N–H and O–H groups in total. The van der Waals surface area contributed by atoms with Crippen molar-refractivity contribution in [3.8, 4) is 0 Å². The van der Waals surface area contributed by atoms with E-state index in [1.165, 1.54) is 24.3 Å². The van der Waals surface area contributed by atoms with Crippen LogP contribution in [0.3, 0.4) is 0 Å². The van der Waals surface area contributed by atoms with E-state index >= 15 is 0 Å². The van der Waals surface area contributed by atoms with Gasteiger partial charge in [0.05, 0.1) is 17.2 Å². The number of carboxylic acids is 1. The van der Waals surface area contributed by atoms with Crippen LogP contribution in [0.4, 0.5) is 11.4 Å². The highest BCUT2D eigenvalue weighted by Crippen LogP contribution is 2.21. The second kappa shape index (κ2) is 10.3. The van der Waals surface area contributed by atoms with Gasteiger partial charge in [-0.05, 0) is 42.7 Å². The molecule has 6 heteroatoms. The highest BCUT2D eigenvalue weighted by molar-refractivity contribution is 6.10. The molecule has 2 aromatic carbocycles. The summed E-state index contributed by atoms with van der Waals surface area (Å²) in [5.41, 5.74) is 1.27. The maximum atomic E-state index is 12.7. The van der Waals surface area contributed by atoms with E-state index in [0.29, 0.717) is 16.9 Å². The van der Waals surface area contributed by atoms with Crippen LogP contribution in [0.15, 0.2) is 48.5 Å². The van der Waals surface area contributed by atoms with Crippen molar-refractivity contribution in [2.45, 2.75) is 39.5 Å². The number of hydrogen-bond acceptors (Lipinski definition) is 4. The van der Waals surface area contributed by atoms with Gasteiger partial charge in [0.15, 0.2) is 0 Å². The fraction of sp³-hybridized carbons (Fsp3) is 0.318. The van der Waals surface area contributed by atoms with Crippen molar-refractivity contribution in [1.82, 2.24) is 0 Å². The summed E-state index contributed by atoms with van der Waals surface area (Å²) in [6.07, 6.45) is 3.45.